The van der Waals surface area contributed by atoms with E-state index < -0.39 is 0 Å². The molecule has 1 atom stereocenters. The summed E-state index contributed by atoms with van der Waals surface area (Å²) < 4.78 is 0. The van der Waals surface area contributed by atoms with Crippen molar-refractivity contribution in [3.05, 3.63) is 29.6 Å². The van der Waals surface area contributed by atoms with Gasteiger partial charge in [-0.3, -0.25) is 9.78 Å². The lowest BCUT2D eigenvalue weighted by atomic mass is 10.0. The molecule has 2 heterocycles. The molecular weight excluding hydrogens is 200 g/mol. The number of hydrogen-bond donors (Lipinski definition) is 0. The number of amides is 1. The van der Waals surface area contributed by atoms with Crippen molar-refractivity contribution in [1.29, 1.82) is 0 Å². The van der Waals surface area contributed by atoms with Gasteiger partial charge in [0.1, 0.15) is 0 Å². The molecule has 1 fully saturated rings. The Hall–Kier alpha value is -1.38. The van der Waals surface area contributed by atoms with Crippen LogP contribution in [0.3, 0.4) is 0 Å². The summed E-state index contributed by atoms with van der Waals surface area (Å²) in [4.78, 5) is 17.5. The summed E-state index contributed by atoms with van der Waals surface area (Å²) in [5, 5.41) is 0. The standard InChI is InChI=1S/C13H18N2O/c1-10-3-4-13(14-8-10)7-12-5-6-15(9-12)11(2)16/h3-4,8,12H,5-7,9H2,1-2H3/t12-/m0/s1. The molecule has 0 aliphatic carbocycles. The third-order valence-corrected chi connectivity index (χ3v) is 3.20. The maximum absolute atomic E-state index is 11.2. The Morgan fingerprint density at radius 3 is 2.94 bits per heavy atom. The van der Waals surface area contributed by atoms with Gasteiger partial charge < -0.3 is 4.90 Å². The number of aromatic nitrogens is 1. The summed E-state index contributed by atoms with van der Waals surface area (Å²) in [7, 11) is 0. The number of pyridine rings is 1. The molecule has 3 heteroatoms. The summed E-state index contributed by atoms with van der Waals surface area (Å²) in [6.45, 7) is 5.49. The first kappa shape index (κ1) is 11.1. The van der Waals surface area contributed by atoms with Gasteiger partial charge in [-0.25, -0.2) is 0 Å². The van der Waals surface area contributed by atoms with E-state index in [2.05, 4.69) is 17.1 Å². The highest BCUT2D eigenvalue weighted by atomic mass is 16.2. The number of hydrogen-bond acceptors (Lipinski definition) is 2. The van der Waals surface area contributed by atoms with Gasteiger partial charge in [0, 0.05) is 31.9 Å². The Morgan fingerprint density at radius 1 is 1.56 bits per heavy atom. The molecule has 0 N–H and O–H groups in total. The molecular formula is C13H18N2O. The number of aryl methyl sites for hydroxylation is 1. The van der Waals surface area contributed by atoms with Crippen LogP contribution in [0, 0.1) is 12.8 Å². The molecule has 1 aromatic heterocycles. The van der Waals surface area contributed by atoms with Crippen LogP contribution in [-0.4, -0.2) is 28.9 Å². The predicted molar refractivity (Wildman–Crippen MR) is 63.0 cm³/mol. The molecule has 1 amide bonds. The van der Waals surface area contributed by atoms with Crippen molar-refractivity contribution in [3.8, 4) is 0 Å². The topological polar surface area (TPSA) is 33.2 Å². The third-order valence-electron chi connectivity index (χ3n) is 3.20. The van der Waals surface area contributed by atoms with Crippen molar-refractivity contribution in [2.45, 2.75) is 26.7 Å². The zero-order valence-corrected chi connectivity index (χ0v) is 9.94. The number of carbonyl (C=O) groups excluding carboxylic acids is 1. The van der Waals surface area contributed by atoms with Gasteiger partial charge in [0.25, 0.3) is 0 Å². The van der Waals surface area contributed by atoms with Gasteiger partial charge >= 0.3 is 0 Å². The third kappa shape index (κ3) is 2.60. The first-order valence-corrected chi connectivity index (χ1v) is 5.82. The Kier molecular flexibility index (Phi) is 3.22. The lowest BCUT2D eigenvalue weighted by molar-refractivity contribution is -0.127. The van der Waals surface area contributed by atoms with Crippen LogP contribution in [0.1, 0.15) is 24.6 Å². The van der Waals surface area contributed by atoms with Crippen molar-refractivity contribution in [1.82, 2.24) is 9.88 Å². The fraction of sp³-hybridized carbons (Fsp3) is 0.538. The Morgan fingerprint density at radius 2 is 2.38 bits per heavy atom. The summed E-state index contributed by atoms with van der Waals surface area (Å²) in [5.74, 6) is 0.776. The maximum Gasteiger partial charge on any atom is 0.219 e. The molecule has 0 bridgehead atoms. The first-order valence-electron chi connectivity index (χ1n) is 5.82. The summed E-state index contributed by atoms with van der Waals surface area (Å²) in [6.07, 6.45) is 4.01. The number of likely N-dealkylation sites (tertiary alicyclic amines) is 1. The van der Waals surface area contributed by atoms with Crippen LogP contribution in [0.15, 0.2) is 18.3 Å². The van der Waals surface area contributed by atoms with Crippen LogP contribution in [0.4, 0.5) is 0 Å². The van der Waals surface area contributed by atoms with E-state index in [4.69, 9.17) is 0 Å². The maximum atomic E-state index is 11.2. The van der Waals surface area contributed by atoms with Crippen LogP contribution >= 0.6 is 0 Å². The molecule has 3 nitrogen and oxygen atoms in total. The molecule has 16 heavy (non-hydrogen) atoms. The highest BCUT2D eigenvalue weighted by Crippen LogP contribution is 2.20. The highest BCUT2D eigenvalue weighted by molar-refractivity contribution is 5.73. The second-order valence-corrected chi connectivity index (χ2v) is 4.65. The zero-order chi connectivity index (χ0) is 11.5. The van der Waals surface area contributed by atoms with Crippen LogP contribution in [0.2, 0.25) is 0 Å². The minimum absolute atomic E-state index is 0.194. The molecule has 0 unspecified atom stereocenters. The van der Waals surface area contributed by atoms with E-state index in [1.54, 1.807) is 6.92 Å². The van der Waals surface area contributed by atoms with E-state index in [1.807, 2.05) is 18.0 Å². The van der Waals surface area contributed by atoms with Crippen molar-refractivity contribution < 1.29 is 4.79 Å². The fourth-order valence-electron chi connectivity index (χ4n) is 2.20. The van der Waals surface area contributed by atoms with E-state index in [1.165, 1.54) is 5.56 Å². The Labute approximate surface area is 96.5 Å². The van der Waals surface area contributed by atoms with E-state index >= 15 is 0 Å². The Balaban J connectivity index is 1.92. The molecule has 0 aromatic carbocycles. The second kappa shape index (κ2) is 4.64. The van der Waals surface area contributed by atoms with E-state index in [0.717, 1.165) is 31.6 Å². The molecule has 0 spiro atoms. The summed E-state index contributed by atoms with van der Waals surface area (Å²) in [5.41, 5.74) is 2.33. The van der Waals surface area contributed by atoms with Crippen molar-refractivity contribution >= 4 is 5.91 Å². The largest absolute Gasteiger partial charge is 0.343 e. The lowest BCUT2D eigenvalue weighted by Crippen LogP contribution is -2.26. The average molecular weight is 218 g/mol. The monoisotopic (exact) mass is 218 g/mol. The van der Waals surface area contributed by atoms with Gasteiger partial charge in [-0.15, -0.1) is 0 Å². The quantitative estimate of drug-likeness (QED) is 0.758. The number of nitrogens with zero attached hydrogens (tertiary/aromatic N) is 2. The van der Waals surface area contributed by atoms with Gasteiger partial charge in [0.2, 0.25) is 5.91 Å². The number of carbonyl (C=O) groups is 1. The minimum Gasteiger partial charge on any atom is -0.343 e. The van der Waals surface area contributed by atoms with Gasteiger partial charge in [-0.1, -0.05) is 6.07 Å². The van der Waals surface area contributed by atoms with Crippen LogP contribution in [-0.2, 0) is 11.2 Å². The van der Waals surface area contributed by atoms with Gasteiger partial charge in [-0.05, 0) is 37.3 Å². The minimum atomic E-state index is 0.194. The molecule has 1 saturated heterocycles. The van der Waals surface area contributed by atoms with Crippen LogP contribution < -0.4 is 0 Å². The molecule has 1 aliphatic heterocycles. The smallest absolute Gasteiger partial charge is 0.219 e. The van der Waals surface area contributed by atoms with Gasteiger partial charge in [-0.2, -0.15) is 0 Å². The average Bonchev–Trinajstić information content (AvgIpc) is 2.70. The van der Waals surface area contributed by atoms with E-state index in [0.29, 0.717) is 5.92 Å². The molecule has 1 aliphatic rings. The predicted octanol–water partition coefficient (Wildman–Crippen LogP) is 1.80. The SMILES string of the molecule is CC(=O)N1CC[C@@H](Cc2ccc(C)cn2)C1. The molecule has 1 aromatic rings. The Bertz CT molecular complexity index is 372. The van der Waals surface area contributed by atoms with Crippen molar-refractivity contribution in [3.63, 3.8) is 0 Å². The molecule has 0 saturated carbocycles. The van der Waals surface area contributed by atoms with Crippen molar-refractivity contribution in [2.75, 3.05) is 13.1 Å². The number of rotatable bonds is 2. The normalized spacial score (nSPS) is 20.1. The van der Waals surface area contributed by atoms with E-state index in [-0.39, 0.29) is 5.91 Å². The molecule has 86 valence electrons. The first-order chi connectivity index (χ1) is 7.65. The lowest BCUT2D eigenvalue weighted by Gasteiger charge is -2.13. The van der Waals surface area contributed by atoms with Crippen LogP contribution in [0.25, 0.3) is 0 Å². The molecule has 2 rings (SSSR count). The second-order valence-electron chi connectivity index (χ2n) is 4.65. The van der Waals surface area contributed by atoms with Gasteiger partial charge in [0.05, 0.1) is 0 Å². The van der Waals surface area contributed by atoms with Crippen molar-refractivity contribution in [2.24, 2.45) is 5.92 Å². The summed E-state index contributed by atoms with van der Waals surface area (Å²) >= 11 is 0. The molecule has 0 radical (unpaired) electrons. The summed E-state index contributed by atoms with van der Waals surface area (Å²) in [6, 6.07) is 4.19. The highest BCUT2D eigenvalue weighted by Gasteiger charge is 2.24. The zero-order valence-electron chi connectivity index (χ0n) is 9.94. The fourth-order valence-corrected chi connectivity index (χ4v) is 2.20. The van der Waals surface area contributed by atoms with Gasteiger partial charge in [0.15, 0.2) is 0 Å². The van der Waals surface area contributed by atoms with E-state index in [9.17, 15) is 4.79 Å². The van der Waals surface area contributed by atoms with Crippen LogP contribution in [0.5, 0.6) is 0 Å².